The second-order valence-corrected chi connectivity index (χ2v) is 3.44. The third-order valence-electron chi connectivity index (χ3n) is 2.06. The average molecular weight is 290 g/mol. The molecule has 108 valence electrons. The van der Waals surface area contributed by atoms with E-state index in [-0.39, 0.29) is 0 Å². The maximum atomic E-state index is 11.0. The lowest BCUT2D eigenvalue weighted by atomic mass is 10.1. The first-order chi connectivity index (χ1) is 9.23. The number of primary amides is 1. The molecule has 4 N–H and O–H groups in total. The van der Waals surface area contributed by atoms with Crippen LogP contribution in [0.15, 0.2) is 30.5 Å². The van der Waals surface area contributed by atoms with E-state index in [2.05, 4.69) is 5.48 Å². The molecule has 0 bridgehead atoms. The smallest absolute Gasteiger partial charge is 0.475 e. The van der Waals surface area contributed by atoms with Crippen molar-refractivity contribution in [2.75, 3.05) is 0 Å². The molecule has 1 heterocycles. The van der Waals surface area contributed by atoms with Crippen LogP contribution in [0.5, 0.6) is 5.75 Å². The van der Waals surface area contributed by atoms with Gasteiger partial charge in [0.25, 0.3) is 5.91 Å². The average Bonchev–Trinajstić information content (AvgIpc) is 2.37. The maximum Gasteiger partial charge on any atom is 0.490 e. The number of carboxylic acids is 1. The molecular weight excluding hydrogens is 281 g/mol. The van der Waals surface area contributed by atoms with E-state index in [1.165, 1.54) is 6.20 Å². The number of carbonyl (C=O) groups is 2. The number of benzene rings is 1. The van der Waals surface area contributed by atoms with Gasteiger partial charge in [-0.1, -0.05) is 18.2 Å². The van der Waals surface area contributed by atoms with Gasteiger partial charge in [0.1, 0.15) is 0 Å². The standard InChI is InChI=1S/C9H8N2O2.C2HF3O2/c10-9(12)7-5-11-13-8-4-2-1-3-6(7)8;3-2(4,5)1(6)7/h1-5,11H,(H2,10,12);(H,6,7). The van der Waals surface area contributed by atoms with Gasteiger partial charge in [0.2, 0.25) is 0 Å². The van der Waals surface area contributed by atoms with Crippen LogP contribution in [0.1, 0.15) is 5.56 Å². The van der Waals surface area contributed by atoms with Gasteiger partial charge >= 0.3 is 12.1 Å². The third-order valence-corrected chi connectivity index (χ3v) is 2.06. The molecule has 20 heavy (non-hydrogen) atoms. The van der Waals surface area contributed by atoms with Crippen LogP contribution in [0, 0.1) is 0 Å². The second-order valence-electron chi connectivity index (χ2n) is 3.44. The van der Waals surface area contributed by atoms with Crippen LogP contribution in [-0.4, -0.2) is 23.2 Å². The van der Waals surface area contributed by atoms with Gasteiger partial charge in [0.05, 0.1) is 5.57 Å². The highest BCUT2D eigenvalue weighted by Crippen LogP contribution is 2.27. The van der Waals surface area contributed by atoms with Gasteiger partial charge in [0.15, 0.2) is 5.75 Å². The summed E-state index contributed by atoms with van der Waals surface area (Å²) >= 11 is 0. The van der Waals surface area contributed by atoms with E-state index in [9.17, 15) is 18.0 Å². The second kappa shape index (κ2) is 5.95. The van der Waals surface area contributed by atoms with Gasteiger partial charge in [-0.3, -0.25) is 4.79 Å². The first kappa shape index (κ1) is 15.3. The molecule has 1 aromatic carbocycles. The Kier molecular flexibility index (Phi) is 4.57. The summed E-state index contributed by atoms with van der Waals surface area (Å²) in [6.07, 6.45) is -3.63. The number of fused-ring (bicyclic) bond motifs is 1. The number of aliphatic carboxylic acids is 1. The number of hydroxylamine groups is 1. The summed E-state index contributed by atoms with van der Waals surface area (Å²) < 4.78 is 31.7. The quantitative estimate of drug-likeness (QED) is 0.717. The van der Waals surface area contributed by atoms with Crippen molar-refractivity contribution in [3.8, 4) is 5.75 Å². The largest absolute Gasteiger partial charge is 0.490 e. The van der Waals surface area contributed by atoms with Crippen LogP contribution in [0.4, 0.5) is 13.2 Å². The highest BCUT2D eigenvalue weighted by atomic mass is 19.4. The fourth-order valence-corrected chi connectivity index (χ4v) is 1.21. The van der Waals surface area contributed by atoms with Crippen molar-refractivity contribution in [2.45, 2.75) is 6.18 Å². The van der Waals surface area contributed by atoms with Gasteiger partial charge in [-0.15, -0.1) is 0 Å². The molecule has 6 nitrogen and oxygen atoms in total. The number of alkyl halides is 3. The maximum absolute atomic E-state index is 11.0. The van der Waals surface area contributed by atoms with E-state index in [1.54, 1.807) is 12.1 Å². The zero-order valence-corrected chi connectivity index (χ0v) is 9.77. The highest BCUT2D eigenvalue weighted by Gasteiger charge is 2.38. The molecule has 2 rings (SSSR count). The minimum atomic E-state index is -5.08. The lowest BCUT2D eigenvalue weighted by molar-refractivity contribution is -0.192. The number of hydrogen-bond acceptors (Lipinski definition) is 4. The van der Waals surface area contributed by atoms with Gasteiger partial charge in [-0.2, -0.15) is 13.2 Å². The zero-order valence-electron chi connectivity index (χ0n) is 9.77. The lowest BCUT2D eigenvalue weighted by Crippen LogP contribution is -2.23. The van der Waals surface area contributed by atoms with Crippen LogP contribution in [0.25, 0.3) is 5.57 Å². The molecule has 0 spiro atoms. The zero-order chi connectivity index (χ0) is 15.3. The van der Waals surface area contributed by atoms with E-state index in [0.29, 0.717) is 16.9 Å². The van der Waals surface area contributed by atoms with Crippen LogP contribution in [0.2, 0.25) is 0 Å². The summed E-state index contributed by atoms with van der Waals surface area (Å²) in [5, 5.41) is 7.12. The molecule has 0 atom stereocenters. The summed E-state index contributed by atoms with van der Waals surface area (Å²) in [5.74, 6) is -2.62. The van der Waals surface area contributed by atoms with E-state index in [1.807, 2.05) is 12.1 Å². The van der Waals surface area contributed by atoms with Crippen molar-refractivity contribution in [3.05, 3.63) is 36.0 Å². The topological polar surface area (TPSA) is 102 Å². The monoisotopic (exact) mass is 290 g/mol. The summed E-state index contributed by atoms with van der Waals surface area (Å²) in [7, 11) is 0. The molecule has 9 heteroatoms. The summed E-state index contributed by atoms with van der Waals surface area (Å²) in [4.78, 5) is 24.9. The number of nitrogens with one attached hydrogen (secondary N) is 1. The number of rotatable bonds is 1. The fourth-order valence-electron chi connectivity index (χ4n) is 1.21. The van der Waals surface area contributed by atoms with Gasteiger partial charge in [-0.05, 0) is 6.07 Å². The van der Waals surface area contributed by atoms with Crippen molar-refractivity contribution in [1.29, 1.82) is 0 Å². The summed E-state index contributed by atoms with van der Waals surface area (Å²) in [5.41, 5.74) is 8.84. The van der Waals surface area contributed by atoms with Crippen LogP contribution in [0.3, 0.4) is 0 Å². The molecule has 0 aromatic heterocycles. The molecule has 0 fully saturated rings. The molecular formula is C11H9F3N2O4. The van der Waals surface area contributed by atoms with Crippen molar-refractivity contribution in [2.24, 2.45) is 5.73 Å². The number of hydrogen-bond donors (Lipinski definition) is 3. The van der Waals surface area contributed by atoms with E-state index >= 15 is 0 Å². The molecule has 0 saturated heterocycles. The van der Waals surface area contributed by atoms with Crippen LogP contribution < -0.4 is 16.1 Å². The Morgan fingerprint density at radius 1 is 1.25 bits per heavy atom. The normalized spacial score (nSPS) is 12.7. The Hall–Kier alpha value is -2.71. The van der Waals surface area contributed by atoms with Crippen LogP contribution in [-0.2, 0) is 9.59 Å². The van der Waals surface area contributed by atoms with Gasteiger partial charge < -0.3 is 15.7 Å². The first-order valence-corrected chi connectivity index (χ1v) is 5.05. The minimum Gasteiger partial charge on any atom is -0.475 e. The van der Waals surface area contributed by atoms with Gasteiger partial charge in [0, 0.05) is 11.8 Å². The van der Waals surface area contributed by atoms with E-state index in [0.717, 1.165) is 0 Å². The lowest BCUT2D eigenvalue weighted by Gasteiger charge is -2.16. The predicted octanol–water partition coefficient (Wildman–Crippen LogP) is 1.04. The van der Waals surface area contributed by atoms with E-state index < -0.39 is 18.1 Å². The molecule has 1 aliphatic rings. The molecule has 0 aliphatic carbocycles. The Balaban J connectivity index is 0.000000246. The van der Waals surface area contributed by atoms with Crippen molar-refractivity contribution in [3.63, 3.8) is 0 Å². The minimum absolute atomic E-state index is 0.432. The number of carboxylic acid groups (broad SMARTS) is 1. The van der Waals surface area contributed by atoms with Crippen molar-refractivity contribution < 1.29 is 32.7 Å². The first-order valence-electron chi connectivity index (χ1n) is 5.05. The summed E-state index contributed by atoms with van der Waals surface area (Å²) in [6, 6.07) is 7.19. The number of amides is 1. The van der Waals surface area contributed by atoms with Crippen molar-refractivity contribution in [1.82, 2.24) is 5.48 Å². The number of para-hydroxylation sites is 1. The Bertz CT molecular complexity index is 555. The molecule has 1 aliphatic heterocycles. The molecule has 0 radical (unpaired) electrons. The third kappa shape index (κ3) is 3.90. The van der Waals surface area contributed by atoms with Crippen LogP contribution >= 0.6 is 0 Å². The Labute approximate surface area is 110 Å². The SMILES string of the molecule is NC(=O)C1=CNOc2ccccc21.O=C(O)C(F)(F)F. The molecule has 0 unspecified atom stereocenters. The highest BCUT2D eigenvalue weighted by molar-refractivity contribution is 6.19. The number of halogens is 3. The fraction of sp³-hybridized carbons (Fsp3) is 0.0909. The molecule has 1 aromatic rings. The Morgan fingerprint density at radius 3 is 2.30 bits per heavy atom. The molecule has 1 amide bonds. The predicted molar refractivity (Wildman–Crippen MR) is 61.1 cm³/mol. The van der Waals surface area contributed by atoms with Crippen molar-refractivity contribution >= 4 is 17.4 Å². The number of nitrogens with two attached hydrogens (primary N) is 1. The Morgan fingerprint density at radius 2 is 1.80 bits per heavy atom. The number of carbonyl (C=O) groups excluding carboxylic acids is 1. The van der Waals surface area contributed by atoms with E-state index in [4.69, 9.17) is 20.5 Å². The molecule has 0 saturated carbocycles. The van der Waals surface area contributed by atoms with Gasteiger partial charge in [-0.25, -0.2) is 10.3 Å². The summed E-state index contributed by atoms with van der Waals surface area (Å²) in [6.45, 7) is 0.